The normalized spacial score (nSPS) is 13.6. The lowest BCUT2D eigenvalue weighted by atomic mass is 9.83. The van der Waals surface area contributed by atoms with Gasteiger partial charge in [-0.15, -0.1) is 0 Å². The molecule has 0 fully saturated rings. The summed E-state index contributed by atoms with van der Waals surface area (Å²) >= 11 is 1.35. The molecule has 0 amide bonds. The van der Waals surface area contributed by atoms with E-state index in [0.29, 0.717) is 22.3 Å². The van der Waals surface area contributed by atoms with Crippen molar-refractivity contribution >= 4 is 34.9 Å². The van der Waals surface area contributed by atoms with E-state index in [0.717, 1.165) is 0 Å². The molecule has 0 saturated heterocycles. The summed E-state index contributed by atoms with van der Waals surface area (Å²) < 4.78 is 0. The topological polar surface area (TPSA) is 109 Å². The molecule has 0 heterocycles. The molecular formula is C30H18O6S. The Balaban J connectivity index is 1.25. The number of ketones is 4. The van der Waals surface area contributed by atoms with Crippen LogP contribution in [0.15, 0.2) is 72.8 Å². The zero-order valence-corrected chi connectivity index (χ0v) is 20.1. The van der Waals surface area contributed by atoms with Crippen LogP contribution in [0.1, 0.15) is 74.8 Å². The van der Waals surface area contributed by atoms with Crippen LogP contribution in [0.25, 0.3) is 0 Å². The summed E-state index contributed by atoms with van der Waals surface area (Å²) in [5.41, 5.74) is 2.46. The number of carbonyl (C=O) groups excluding carboxylic acids is 4. The van der Waals surface area contributed by atoms with Crippen LogP contribution < -0.4 is 0 Å². The first kappa shape index (κ1) is 22.9. The van der Waals surface area contributed by atoms with Crippen molar-refractivity contribution in [1.82, 2.24) is 0 Å². The van der Waals surface area contributed by atoms with Crippen molar-refractivity contribution in [2.75, 3.05) is 0 Å². The Morgan fingerprint density at radius 1 is 0.459 bits per heavy atom. The van der Waals surface area contributed by atoms with E-state index in [1.54, 1.807) is 72.8 Å². The molecule has 2 N–H and O–H groups in total. The molecule has 37 heavy (non-hydrogen) atoms. The predicted molar refractivity (Wildman–Crippen MR) is 138 cm³/mol. The largest absolute Gasteiger partial charge is 0.507 e. The summed E-state index contributed by atoms with van der Waals surface area (Å²) in [7, 11) is 0. The molecule has 0 bridgehead atoms. The van der Waals surface area contributed by atoms with E-state index in [9.17, 15) is 29.4 Å². The molecule has 0 atom stereocenters. The third kappa shape index (κ3) is 3.42. The third-order valence-corrected chi connectivity index (χ3v) is 7.84. The zero-order chi connectivity index (χ0) is 25.8. The number of thioether (sulfide) groups is 1. The number of rotatable bonds is 4. The fourth-order valence-electron chi connectivity index (χ4n) is 4.93. The second kappa shape index (κ2) is 8.57. The quantitative estimate of drug-likeness (QED) is 0.343. The Morgan fingerprint density at radius 2 is 0.811 bits per heavy atom. The number of carbonyl (C=O) groups is 4. The number of fused-ring (bicyclic) bond motifs is 4. The van der Waals surface area contributed by atoms with E-state index in [2.05, 4.69) is 0 Å². The molecule has 6 nitrogen and oxygen atoms in total. The van der Waals surface area contributed by atoms with Gasteiger partial charge in [0.25, 0.3) is 0 Å². The summed E-state index contributed by atoms with van der Waals surface area (Å²) in [6.45, 7) is 0. The van der Waals surface area contributed by atoms with Crippen molar-refractivity contribution in [3.8, 4) is 11.5 Å². The minimum atomic E-state index is -0.398. The van der Waals surface area contributed by atoms with Crippen molar-refractivity contribution < 1.29 is 29.4 Å². The van der Waals surface area contributed by atoms with Gasteiger partial charge in [-0.05, 0) is 12.1 Å². The summed E-state index contributed by atoms with van der Waals surface area (Å²) in [5, 5.41) is 21.8. The lowest BCUT2D eigenvalue weighted by Gasteiger charge is -2.20. The molecule has 7 heteroatoms. The fourth-order valence-corrected chi connectivity index (χ4v) is 5.94. The highest BCUT2D eigenvalue weighted by molar-refractivity contribution is 7.97. The summed E-state index contributed by atoms with van der Waals surface area (Å²) in [6.07, 6.45) is 0. The first-order chi connectivity index (χ1) is 17.9. The molecule has 2 aliphatic rings. The molecular weight excluding hydrogens is 488 g/mol. The molecule has 0 saturated carbocycles. The van der Waals surface area contributed by atoms with Gasteiger partial charge in [-0.1, -0.05) is 60.7 Å². The van der Waals surface area contributed by atoms with Crippen molar-refractivity contribution in [3.63, 3.8) is 0 Å². The van der Waals surface area contributed by atoms with Gasteiger partial charge in [0.05, 0.1) is 11.1 Å². The fraction of sp³-hybridized carbons (Fsp3) is 0.0667. The Hall–Kier alpha value is -4.49. The molecule has 0 unspecified atom stereocenters. The maximum atomic E-state index is 13.0. The lowest BCUT2D eigenvalue weighted by molar-refractivity contribution is 0.0976. The highest BCUT2D eigenvalue weighted by Gasteiger charge is 2.34. The van der Waals surface area contributed by atoms with E-state index in [4.69, 9.17) is 0 Å². The van der Waals surface area contributed by atoms with Crippen LogP contribution in [0, 0.1) is 0 Å². The molecule has 0 spiro atoms. The molecule has 0 aromatic heterocycles. The van der Waals surface area contributed by atoms with E-state index in [1.807, 2.05) is 0 Å². The number of phenolic OH excluding ortho intramolecular Hbond substituents is 2. The van der Waals surface area contributed by atoms with Gasteiger partial charge in [-0.2, -0.15) is 11.8 Å². The van der Waals surface area contributed by atoms with Crippen LogP contribution >= 0.6 is 11.8 Å². The Bertz CT molecular complexity index is 1580. The average molecular weight is 507 g/mol. The second-order valence-electron chi connectivity index (χ2n) is 8.89. The Labute approximate surface area is 215 Å². The van der Waals surface area contributed by atoms with Crippen LogP contribution in [0.4, 0.5) is 0 Å². The number of benzene rings is 4. The molecule has 0 aliphatic heterocycles. The summed E-state index contributed by atoms with van der Waals surface area (Å²) in [6, 6.07) is 19.4. The molecule has 180 valence electrons. The monoisotopic (exact) mass is 506 g/mol. The van der Waals surface area contributed by atoms with Crippen LogP contribution in [0.5, 0.6) is 11.5 Å². The number of aromatic hydroxyl groups is 2. The van der Waals surface area contributed by atoms with Gasteiger partial charge in [0.1, 0.15) is 11.5 Å². The maximum Gasteiger partial charge on any atom is 0.198 e. The standard InChI is InChI=1S/C30H18O6S/c31-25-15(9-11-21-23(25)29(35)19-7-3-1-5-17(19)27(21)33)13-37-14-16-10-12-22-24(26(16)32)30(36)20-8-4-2-6-18(20)28(22)34/h1-12,31-32H,13-14H2. The van der Waals surface area contributed by atoms with Crippen LogP contribution in [-0.4, -0.2) is 33.3 Å². The minimum absolute atomic E-state index is 0.00111. The zero-order valence-electron chi connectivity index (χ0n) is 19.3. The van der Waals surface area contributed by atoms with Gasteiger partial charge in [0, 0.05) is 56.0 Å². The van der Waals surface area contributed by atoms with Gasteiger partial charge in [-0.25, -0.2) is 0 Å². The second-order valence-corrected chi connectivity index (χ2v) is 9.88. The predicted octanol–water partition coefficient (Wildman–Crippen LogP) is 5.08. The molecule has 2 aliphatic carbocycles. The maximum absolute atomic E-state index is 13.0. The highest BCUT2D eigenvalue weighted by Crippen LogP contribution is 2.39. The van der Waals surface area contributed by atoms with Gasteiger partial charge in [0.2, 0.25) is 0 Å². The number of hydrogen-bond acceptors (Lipinski definition) is 7. The first-order valence-corrected chi connectivity index (χ1v) is 12.7. The summed E-state index contributed by atoms with van der Waals surface area (Å²) in [4.78, 5) is 51.8. The van der Waals surface area contributed by atoms with Gasteiger partial charge in [-0.3, -0.25) is 19.2 Å². The van der Waals surface area contributed by atoms with E-state index in [-0.39, 0.29) is 68.0 Å². The summed E-state index contributed by atoms with van der Waals surface area (Å²) in [5.74, 6) is -1.30. The van der Waals surface area contributed by atoms with Crippen molar-refractivity contribution in [2.24, 2.45) is 0 Å². The van der Waals surface area contributed by atoms with Crippen LogP contribution in [0.3, 0.4) is 0 Å². The number of hydrogen-bond donors (Lipinski definition) is 2. The highest BCUT2D eigenvalue weighted by atomic mass is 32.2. The molecule has 6 rings (SSSR count). The Kier molecular flexibility index (Phi) is 5.31. The Morgan fingerprint density at radius 3 is 1.19 bits per heavy atom. The molecule has 4 aromatic carbocycles. The van der Waals surface area contributed by atoms with E-state index in [1.165, 1.54) is 11.8 Å². The SMILES string of the molecule is O=C1c2ccccc2C(=O)c2c1ccc(CSCc1ccc3c(c1O)C(=O)c1ccccc1C3=O)c2O. The van der Waals surface area contributed by atoms with Crippen molar-refractivity contribution in [2.45, 2.75) is 11.5 Å². The lowest BCUT2D eigenvalue weighted by Crippen LogP contribution is -2.21. The molecule has 0 radical (unpaired) electrons. The number of phenols is 2. The van der Waals surface area contributed by atoms with Crippen LogP contribution in [0.2, 0.25) is 0 Å². The van der Waals surface area contributed by atoms with E-state index >= 15 is 0 Å². The van der Waals surface area contributed by atoms with Gasteiger partial charge < -0.3 is 10.2 Å². The third-order valence-electron chi connectivity index (χ3n) is 6.81. The molecule has 4 aromatic rings. The van der Waals surface area contributed by atoms with Gasteiger partial charge in [0.15, 0.2) is 23.1 Å². The van der Waals surface area contributed by atoms with Gasteiger partial charge >= 0.3 is 0 Å². The first-order valence-electron chi connectivity index (χ1n) is 11.5. The van der Waals surface area contributed by atoms with Crippen LogP contribution in [-0.2, 0) is 11.5 Å². The van der Waals surface area contributed by atoms with E-state index < -0.39 is 11.6 Å². The average Bonchev–Trinajstić information content (AvgIpc) is 2.92. The minimum Gasteiger partial charge on any atom is -0.507 e. The van der Waals surface area contributed by atoms with Crippen molar-refractivity contribution in [1.29, 1.82) is 0 Å². The smallest absolute Gasteiger partial charge is 0.198 e. The van der Waals surface area contributed by atoms with Crippen molar-refractivity contribution in [3.05, 3.63) is 128 Å².